The van der Waals surface area contributed by atoms with E-state index >= 15 is 0 Å². The van der Waals surface area contributed by atoms with Gasteiger partial charge in [0.15, 0.2) is 20.5 Å². The fourth-order valence-electron chi connectivity index (χ4n) is 3.96. The van der Waals surface area contributed by atoms with Crippen LogP contribution in [0.1, 0.15) is 23.6 Å². The van der Waals surface area contributed by atoms with Crippen molar-refractivity contribution in [2.24, 2.45) is 4.99 Å². The van der Waals surface area contributed by atoms with Gasteiger partial charge in [-0.1, -0.05) is 17.7 Å². The fourth-order valence-corrected chi connectivity index (χ4v) is 8.42. The summed E-state index contributed by atoms with van der Waals surface area (Å²) in [5.41, 5.74) is -4.03. The molecule has 3 aromatic carbocycles. The van der Waals surface area contributed by atoms with Crippen LogP contribution in [-0.4, -0.2) is 39.2 Å². The summed E-state index contributed by atoms with van der Waals surface area (Å²) in [6.45, 7) is 2.82. The Morgan fingerprint density at radius 3 is 2.12 bits per heavy atom. The molecule has 1 aliphatic heterocycles. The number of carbonyl (C=O) groups excluding carboxylic acids is 1. The molecule has 0 saturated carbocycles. The second-order valence-corrected chi connectivity index (χ2v) is 14.9. The third-order valence-electron chi connectivity index (χ3n) is 6.02. The molecule has 214 valence electrons. The zero-order valence-electron chi connectivity index (χ0n) is 21.2. The molecule has 1 amide bonds. The van der Waals surface area contributed by atoms with Gasteiger partial charge in [-0.15, -0.1) is 0 Å². The van der Waals surface area contributed by atoms with Gasteiger partial charge in [0.05, 0.1) is 38.4 Å². The summed E-state index contributed by atoms with van der Waals surface area (Å²) < 4.78 is 107. The number of nitriles is 1. The first-order chi connectivity index (χ1) is 19.0. The number of anilines is 1. The highest BCUT2D eigenvalue weighted by Crippen LogP contribution is 2.40. The van der Waals surface area contributed by atoms with Crippen molar-refractivity contribution in [3.05, 3.63) is 89.2 Å². The largest absolute Gasteiger partial charge is 0.417 e. The number of nitrogens with zero attached hydrogens (tertiary/aromatic N) is 3. The minimum absolute atomic E-state index is 0.0612. The molecule has 0 saturated heterocycles. The molecule has 0 fully saturated rings. The summed E-state index contributed by atoms with van der Waals surface area (Å²) in [6, 6.07) is 13.1. The van der Waals surface area contributed by atoms with Gasteiger partial charge in [0.2, 0.25) is 8.87 Å². The second kappa shape index (κ2) is 10.6. The molecule has 0 unspecified atom stereocenters. The zero-order chi connectivity index (χ0) is 30.4. The highest BCUT2D eigenvalue weighted by Gasteiger charge is 2.50. The number of amidine groups is 1. The lowest BCUT2D eigenvalue weighted by molar-refractivity contribution is -0.137. The van der Waals surface area contributed by atoms with Gasteiger partial charge >= 0.3 is 6.18 Å². The summed E-state index contributed by atoms with van der Waals surface area (Å²) in [7, 11) is -8.57. The molecule has 1 atom stereocenters. The maximum Gasteiger partial charge on any atom is 0.417 e. The minimum atomic E-state index is -5.00. The van der Waals surface area contributed by atoms with Crippen LogP contribution in [0.3, 0.4) is 0 Å². The maximum atomic E-state index is 13.7. The zero-order valence-corrected chi connectivity index (χ0v) is 23.6. The van der Waals surface area contributed by atoms with Gasteiger partial charge in [-0.2, -0.15) is 18.4 Å². The lowest BCUT2D eigenvalue weighted by Gasteiger charge is -2.23. The van der Waals surface area contributed by atoms with Gasteiger partial charge in [-0.3, -0.25) is 9.69 Å². The number of aliphatic imine (C=N–C) groups is 1. The predicted molar refractivity (Wildman–Crippen MR) is 144 cm³/mol. The molecule has 3 aromatic rings. The Hall–Kier alpha value is -3.74. The normalized spacial score (nSPS) is 17.8. The van der Waals surface area contributed by atoms with Gasteiger partial charge in [0.25, 0.3) is 5.91 Å². The number of sulfone groups is 1. The number of aryl methyl sites for hydroxylation is 1. The highest BCUT2D eigenvalue weighted by atomic mass is 33.1. The van der Waals surface area contributed by atoms with Gasteiger partial charge in [-0.25, -0.2) is 26.2 Å². The average Bonchev–Trinajstić information content (AvgIpc) is 3.11. The Bertz CT molecular complexity index is 1820. The Labute approximate surface area is 236 Å². The van der Waals surface area contributed by atoms with Crippen LogP contribution < -0.4 is 4.90 Å². The molecule has 4 rings (SSSR count). The number of benzene rings is 3. The van der Waals surface area contributed by atoms with Crippen molar-refractivity contribution in [3.8, 4) is 6.07 Å². The third-order valence-corrected chi connectivity index (χ3v) is 11.1. The predicted octanol–water partition coefficient (Wildman–Crippen LogP) is 5.08. The minimum Gasteiger partial charge on any atom is -0.271 e. The van der Waals surface area contributed by atoms with E-state index in [4.69, 9.17) is 5.26 Å². The number of carbonyl (C=O) groups is 1. The van der Waals surface area contributed by atoms with E-state index in [0.717, 1.165) is 48.9 Å². The average molecular weight is 626 g/mol. The van der Waals surface area contributed by atoms with Crippen molar-refractivity contribution in [3.63, 3.8) is 0 Å². The first-order valence-electron chi connectivity index (χ1n) is 11.5. The summed E-state index contributed by atoms with van der Waals surface area (Å²) in [5, 5.41) is 8.56. The van der Waals surface area contributed by atoms with E-state index in [1.165, 1.54) is 30.3 Å². The SMILES string of the molecule is Cc1ccc(S(=O)(=O)SC2=N[C@](C)(CS(=O)(=O)c3ccc(F)cc3)C(=O)N2c2ccc(C#N)c(C(F)(F)F)c2)cc1. The lowest BCUT2D eigenvalue weighted by Crippen LogP contribution is -2.45. The van der Waals surface area contributed by atoms with Crippen LogP contribution in [0.15, 0.2) is 81.5 Å². The molecule has 0 bridgehead atoms. The molecule has 15 heteroatoms. The number of rotatable bonds is 6. The smallest absolute Gasteiger partial charge is 0.271 e. The summed E-state index contributed by atoms with van der Waals surface area (Å²) >= 11 is 0. The Kier molecular flexibility index (Phi) is 7.80. The van der Waals surface area contributed by atoms with E-state index < -0.39 is 69.9 Å². The van der Waals surface area contributed by atoms with E-state index in [-0.39, 0.29) is 20.6 Å². The van der Waals surface area contributed by atoms with Gasteiger partial charge in [-0.05, 0) is 68.4 Å². The van der Waals surface area contributed by atoms with E-state index in [0.29, 0.717) is 11.0 Å². The Balaban J connectivity index is 1.84. The van der Waals surface area contributed by atoms with E-state index in [1.54, 1.807) is 6.92 Å². The lowest BCUT2D eigenvalue weighted by atomic mass is 10.0. The number of alkyl halides is 3. The van der Waals surface area contributed by atoms with Crippen LogP contribution >= 0.6 is 10.8 Å². The van der Waals surface area contributed by atoms with Crippen molar-refractivity contribution >= 4 is 46.3 Å². The molecule has 8 nitrogen and oxygen atoms in total. The third kappa shape index (κ3) is 6.14. The summed E-state index contributed by atoms with van der Waals surface area (Å²) in [5.74, 6) is -2.84. The molecule has 0 aromatic heterocycles. The highest BCUT2D eigenvalue weighted by molar-refractivity contribution is 8.78. The Morgan fingerprint density at radius 2 is 1.56 bits per heavy atom. The van der Waals surface area contributed by atoms with Crippen molar-refractivity contribution in [1.82, 2.24) is 0 Å². The molecule has 0 N–H and O–H groups in total. The van der Waals surface area contributed by atoms with Crippen molar-refractivity contribution in [2.45, 2.75) is 35.4 Å². The summed E-state index contributed by atoms with van der Waals surface area (Å²) in [6.07, 6.45) is -5.00. The van der Waals surface area contributed by atoms with Gasteiger partial charge in [0.1, 0.15) is 5.82 Å². The number of amides is 1. The number of hydrogen-bond acceptors (Lipinski definition) is 8. The van der Waals surface area contributed by atoms with Crippen LogP contribution in [0, 0.1) is 24.1 Å². The number of halogens is 4. The summed E-state index contributed by atoms with van der Waals surface area (Å²) in [4.78, 5) is 17.9. The van der Waals surface area contributed by atoms with Crippen LogP contribution in [0.2, 0.25) is 0 Å². The first-order valence-corrected chi connectivity index (χ1v) is 16.0. The molecule has 0 radical (unpaired) electrons. The standard InChI is InChI=1S/C26H19F4N3O5S3/c1-16-3-9-21(10-4-16)41(37,38)39-24-32-25(2,15-40(35,36)20-11-6-18(27)7-12-20)23(34)33(24)19-8-5-17(14-31)22(13-19)26(28,29)30/h3-13H,15H2,1-2H3/t25-/m1/s1. The molecule has 1 aliphatic rings. The van der Waals surface area contributed by atoms with Crippen LogP contribution in [-0.2, 0) is 29.7 Å². The van der Waals surface area contributed by atoms with Gasteiger partial charge < -0.3 is 0 Å². The molecular weight excluding hydrogens is 606 g/mol. The quantitative estimate of drug-likeness (QED) is 0.213. The second-order valence-electron chi connectivity index (χ2n) is 9.21. The van der Waals surface area contributed by atoms with E-state index in [2.05, 4.69) is 4.99 Å². The fraction of sp³-hybridized carbons (Fsp3) is 0.192. The molecular formula is C26H19F4N3O5S3. The van der Waals surface area contributed by atoms with Crippen molar-refractivity contribution in [2.75, 3.05) is 10.7 Å². The molecule has 0 spiro atoms. The van der Waals surface area contributed by atoms with E-state index in [9.17, 15) is 39.2 Å². The molecule has 1 heterocycles. The van der Waals surface area contributed by atoms with Crippen molar-refractivity contribution in [1.29, 1.82) is 5.26 Å². The van der Waals surface area contributed by atoms with Crippen LogP contribution in [0.25, 0.3) is 0 Å². The molecule has 41 heavy (non-hydrogen) atoms. The Morgan fingerprint density at radius 1 is 0.976 bits per heavy atom. The molecule has 0 aliphatic carbocycles. The van der Waals surface area contributed by atoms with Crippen LogP contribution in [0.4, 0.5) is 23.2 Å². The van der Waals surface area contributed by atoms with E-state index in [1.807, 2.05) is 0 Å². The maximum absolute atomic E-state index is 13.7. The monoisotopic (exact) mass is 625 g/mol. The topological polar surface area (TPSA) is 125 Å². The van der Waals surface area contributed by atoms with Crippen LogP contribution in [0.5, 0.6) is 0 Å². The number of hydrogen-bond donors (Lipinski definition) is 0. The van der Waals surface area contributed by atoms with Crippen molar-refractivity contribution < 1.29 is 39.2 Å². The van der Waals surface area contributed by atoms with Gasteiger partial charge in [0, 0.05) is 10.8 Å². The first kappa shape index (κ1) is 30.2.